The molecule has 0 rings (SSSR count). The van der Waals surface area contributed by atoms with Crippen molar-refractivity contribution >= 4 is 39.5 Å². The van der Waals surface area contributed by atoms with Crippen LogP contribution in [0.4, 0.5) is 0 Å². The van der Waals surface area contributed by atoms with Gasteiger partial charge >= 0.3 is 39.5 Å². The number of aliphatic hydroxyl groups excluding tert-OH is 1. The van der Waals surface area contributed by atoms with Crippen LogP contribution in [0.3, 0.4) is 0 Å². The van der Waals surface area contributed by atoms with Gasteiger partial charge in [-0.25, -0.2) is 9.13 Å². The van der Waals surface area contributed by atoms with E-state index >= 15 is 0 Å². The van der Waals surface area contributed by atoms with Crippen LogP contribution < -0.4 is 0 Å². The van der Waals surface area contributed by atoms with Crippen LogP contribution in [0.15, 0.2) is 0 Å². The lowest BCUT2D eigenvalue weighted by atomic mass is 9.99. The Morgan fingerprint density at radius 1 is 0.274 bits per heavy atom. The number of aliphatic hydroxyl groups is 1. The van der Waals surface area contributed by atoms with E-state index in [1.54, 1.807) is 0 Å². The minimum Gasteiger partial charge on any atom is -0.462 e. The molecule has 0 aromatic carbocycles. The van der Waals surface area contributed by atoms with E-state index in [-0.39, 0.29) is 25.7 Å². The molecule has 0 bridgehead atoms. The maximum Gasteiger partial charge on any atom is 0.472 e. The minimum absolute atomic E-state index is 0.107. The third-order valence-corrected chi connectivity index (χ3v) is 22.6. The molecule has 0 aromatic rings. The third-order valence-electron chi connectivity index (χ3n) is 20.7. The first kappa shape index (κ1) is 104. The summed E-state index contributed by atoms with van der Waals surface area (Å²) in [5.41, 5.74) is 0. The number of unbranched alkanes of at least 4 members (excludes halogenated alkanes) is 52. The summed E-state index contributed by atoms with van der Waals surface area (Å²) in [6, 6.07) is 0. The van der Waals surface area contributed by atoms with Gasteiger partial charge in [0, 0.05) is 25.7 Å². The molecule has 0 radical (unpaired) electrons. The molecule has 106 heavy (non-hydrogen) atoms. The number of hydrogen-bond donors (Lipinski definition) is 3. The van der Waals surface area contributed by atoms with Gasteiger partial charge in [-0.3, -0.25) is 37.3 Å². The number of hydrogen-bond acceptors (Lipinski definition) is 15. The largest absolute Gasteiger partial charge is 0.472 e. The molecule has 3 N–H and O–H groups in total. The molecule has 0 fully saturated rings. The lowest BCUT2D eigenvalue weighted by Crippen LogP contribution is -2.30. The Balaban J connectivity index is 5.26. The Morgan fingerprint density at radius 2 is 0.481 bits per heavy atom. The van der Waals surface area contributed by atoms with Crippen molar-refractivity contribution in [3.63, 3.8) is 0 Å². The molecule has 0 saturated heterocycles. The van der Waals surface area contributed by atoms with Crippen molar-refractivity contribution in [2.75, 3.05) is 39.6 Å². The van der Waals surface area contributed by atoms with Gasteiger partial charge in [-0.05, 0) is 43.4 Å². The smallest absolute Gasteiger partial charge is 0.462 e. The molecule has 0 amide bonds. The van der Waals surface area contributed by atoms with Gasteiger partial charge in [-0.15, -0.1) is 0 Å². The van der Waals surface area contributed by atoms with Crippen LogP contribution in [0.25, 0.3) is 0 Å². The molecule has 0 saturated carbocycles. The van der Waals surface area contributed by atoms with Crippen molar-refractivity contribution in [1.82, 2.24) is 0 Å². The van der Waals surface area contributed by atoms with Gasteiger partial charge < -0.3 is 33.8 Å². The zero-order valence-corrected chi connectivity index (χ0v) is 71.7. The Hall–Kier alpha value is -1.94. The van der Waals surface area contributed by atoms with Gasteiger partial charge in [0.05, 0.1) is 26.4 Å². The van der Waals surface area contributed by atoms with Crippen molar-refractivity contribution < 1.29 is 80.2 Å². The maximum absolute atomic E-state index is 13.2. The van der Waals surface area contributed by atoms with Crippen molar-refractivity contribution in [2.45, 2.75) is 478 Å². The molecule has 0 aromatic heterocycles. The lowest BCUT2D eigenvalue weighted by Gasteiger charge is -2.21. The quantitative estimate of drug-likeness (QED) is 0.0222. The fourth-order valence-corrected chi connectivity index (χ4v) is 15.1. The van der Waals surface area contributed by atoms with E-state index in [0.717, 1.165) is 108 Å². The maximum atomic E-state index is 13.2. The second-order valence-electron chi connectivity index (χ2n) is 32.5. The summed E-state index contributed by atoms with van der Waals surface area (Å²) in [5.74, 6) is 0.334. The highest BCUT2D eigenvalue weighted by molar-refractivity contribution is 7.47. The summed E-state index contributed by atoms with van der Waals surface area (Å²) in [5, 5.41) is 10.7. The zero-order valence-electron chi connectivity index (χ0n) is 69.9. The average Bonchev–Trinajstić information content (AvgIpc) is 0.900. The van der Waals surface area contributed by atoms with E-state index in [9.17, 15) is 43.2 Å². The molecule has 0 aliphatic rings. The molecule has 630 valence electrons. The normalized spacial score (nSPS) is 14.1. The monoisotopic (exact) mass is 1550 g/mol. The molecular weight excluding hydrogens is 1380 g/mol. The first-order chi connectivity index (χ1) is 51.3. The molecule has 6 atom stereocenters. The Bertz CT molecular complexity index is 2050. The summed E-state index contributed by atoms with van der Waals surface area (Å²) in [4.78, 5) is 73.3. The SMILES string of the molecule is CCCCCCCCCCCCCCCC(=O)OC[C@H](COP(=O)(O)OC[C@H](O)COP(=O)(O)OC[C@@H](COC(=O)CCCCCCCCCCCCCCCCC(C)CC)OC(=O)CCCCCCCCCCCCCCCCCCCCC(C)C)OC(=O)CCCCCCCCCCCCCC(C)C. The standard InChI is InChI=1S/C87H170O17P2/c1-8-10-11-12-13-14-15-24-33-40-47-54-61-68-84(89)97-75-83(104-87(92)71-64-57-50-43-36-29-31-38-45-52-59-66-79(5)6)77-102-106(95,96)100-73-81(88)72-99-105(93,94)101-76-82(74-98-85(90)69-62-55-48-41-34-27-23-22-26-32-39-46-53-60-67-80(7)9-2)103-86(91)70-63-56-49-42-35-28-21-19-17-16-18-20-25-30-37-44-51-58-65-78(3)4/h78-83,88H,8-77H2,1-7H3,(H,93,94)(H,95,96)/t80?,81-,82-,83-/m1/s1. The third kappa shape index (κ3) is 78.7. The molecular formula is C87H170O17P2. The van der Waals surface area contributed by atoms with Crippen LogP contribution in [0, 0.1) is 17.8 Å². The number of ether oxygens (including phenoxy) is 4. The van der Waals surface area contributed by atoms with Crippen LogP contribution in [0.5, 0.6) is 0 Å². The van der Waals surface area contributed by atoms with Gasteiger partial charge in [-0.2, -0.15) is 0 Å². The second kappa shape index (κ2) is 77.0. The fraction of sp³-hybridized carbons (Fsp3) is 0.954. The zero-order chi connectivity index (χ0) is 77.9. The van der Waals surface area contributed by atoms with Crippen LogP contribution in [0.1, 0.15) is 459 Å². The average molecular weight is 1550 g/mol. The molecule has 0 aliphatic heterocycles. The van der Waals surface area contributed by atoms with E-state index in [1.165, 1.54) is 270 Å². The molecule has 0 heterocycles. The van der Waals surface area contributed by atoms with Crippen molar-refractivity contribution in [1.29, 1.82) is 0 Å². The minimum atomic E-state index is -4.97. The summed E-state index contributed by atoms with van der Waals surface area (Å²) in [6.45, 7) is 12.1. The van der Waals surface area contributed by atoms with Gasteiger partial charge in [-0.1, -0.05) is 408 Å². The highest BCUT2D eigenvalue weighted by Gasteiger charge is 2.31. The molecule has 17 nitrogen and oxygen atoms in total. The Morgan fingerprint density at radius 3 is 0.717 bits per heavy atom. The Labute approximate surface area is 651 Å². The van der Waals surface area contributed by atoms with Crippen LogP contribution in [-0.2, 0) is 65.4 Å². The number of phosphoric acid groups is 2. The van der Waals surface area contributed by atoms with E-state index in [0.29, 0.717) is 25.7 Å². The van der Waals surface area contributed by atoms with E-state index < -0.39 is 97.5 Å². The van der Waals surface area contributed by atoms with Crippen molar-refractivity contribution in [3.8, 4) is 0 Å². The first-order valence-corrected chi connectivity index (χ1v) is 47.9. The number of phosphoric ester groups is 2. The van der Waals surface area contributed by atoms with Gasteiger partial charge in [0.1, 0.15) is 19.3 Å². The summed E-state index contributed by atoms with van der Waals surface area (Å²) < 4.78 is 69.0. The molecule has 0 aliphatic carbocycles. The number of carbonyl (C=O) groups is 4. The van der Waals surface area contributed by atoms with Crippen molar-refractivity contribution in [2.24, 2.45) is 17.8 Å². The number of carbonyl (C=O) groups excluding carboxylic acids is 4. The van der Waals surface area contributed by atoms with E-state index in [1.807, 2.05) is 0 Å². The number of esters is 4. The van der Waals surface area contributed by atoms with Crippen LogP contribution >= 0.6 is 15.6 Å². The second-order valence-corrected chi connectivity index (χ2v) is 35.4. The Kier molecular flexibility index (Phi) is 75.6. The molecule has 0 spiro atoms. The van der Waals surface area contributed by atoms with E-state index in [2.05, 4.69) is 48.5 Å². The first-order valence-electron chi connectivity index (χ1n) is 44.9. The fourth-order valence-electron chi connectivity index (χ4n) is 13.5. The van der Waals surface area contributed by atoms with Crippen molar-refractivity contribution in [3.05, 3.63) is 0 Å². The molecule has 19 heteroatoms. The van der Waals surface area contributed by atoms with Crippen LogP contribution in [0.2, 0.25) is 0 Å². The summed E-state index contributed by atoms with van der Waals surface area (Å²) >= 11 is 0. The lowest BCUT2D eigenvalue weighted by molar-refractivity contribution is -0.161. The summed E-state index contributed by atoms with van der Waals surface area (Å²) in [7, 11) is -9.93. The van der Waals surface area contributed by atoms with Crippen LogP contribution in [-0.4, -0.2) is 96.7 Å². The number of rotatable bonds is 85. The predicted molar refractivity (Wildman–Crippen MR) is 437 cm³/mol. The topological polar surface area (TPSA) is 237 Å². The van der Waals surface area contributed by atoms with Gasteiger partial charge in [0.2, 0.25) is 0 Å². The highest BCUT2D eigenvalue weighted by Crippen LogP contribution is 2.45. The highest BCUT2D eigenvalue weighted by atomic mass is 31.2. The van der Waals surface area contributed by atoms with E-state index in [4.69, 9.17) is 37.0 Å². The molecule has 3 unspecified atom stereocenters. The predicted octanol–water partition coefficient (Wildman–Crippen LogP) is 26.5. The van der Waals surface area contributed by atoms with Gasteiger partial charge in [0.25, 0.3) is 0 Å². The van der Waals surface area contributed by atoms with Gasteiger partial charge in [0.15, 0.2) is 12.2 Å². The summed E-state index contributed by atoms with van der Waals surface area (Å²) in [6.07, 6.45) is 67.9.